The number of nitrogens with zero attached hydrogens (tertiary/aromatic N) is 1. The number of aromatic amines is 1. The Labute approximate surface area is 145 Å². The molecule has 2 fully saturated rings. The predicted octanol–water partition coefficient (Wildman–Crippen LogP) is 1.87. The Morgan fingerprint density at radius 1 is 1.25 bits per heavy atom. The topological polar surface area (TPSA) is 92.3 Å². The summed E-state index contributed by atoms with van der Waals surface area (Å²) in [6.45, 7) is 1.36. The molecule has 3 N–H and O–H groups in total. The monoisotopic (exact) mass is 349 g/mol. The van der Waals surface area contributed by atoms with E-state index in [1.54, 1.807) is 35.4 Å². The second-order valence-electron chi connectivity index (χ2n) is 6.47. The number of furan rings is 1. The van der Waals surface area contributed by atoms with Crippen LogP contribution in [0.2, 0.25) is 0 Å². The highest BCUT2D eigenvalue weighted by Gasteiger charge is 2.42. The van der Waals surface area contributed by atoms with E-state index in [9.17, 15) is 9.59 Å². The van der Waals surface area contributed by atoms with Crippen molar-refractivity contribution in [2.75, 3.05) is 13.1 Å². The van der Waals surface area contributed by atoms with Crippen LogP contribution in [0.15, 0.2) is 39.7 Å². The quantitative estimate of drug-likeness (QED) is 0.865. The summed E-state index contributed by atoms with van der Waals surface area (Å²) < 4.78 is 5.26. The van der Waals surface area contributed by atoms with Gasteiger partial charge in [0.1, 0.15) is 11.3 Å². The van der Waals surface area contributed by atoms with E-state index in [4.69, 9.17) is 10.2 Å². The number of aromatic nitrogens is 1. The molecule has 1 saturated heterocycles. The van der Waals surface area contributed by atoms with Crippen LogP contribution in [0.5, 0.6) is 0 Å². The number of rotatable bonds is 2. The Morgan fingerprint density at radius 2 is 2.08 bits per heavy atom. The van der Waals surface area contributed by atoms with E-state index in [2.05, 4.69) is 4.98 Å². The van der Waals surface area contributed by atoms with E-state index >= 15 is 0 Å². The smallest absolute Gasteiger partial charge is 0.261 e. The second-order valence-corrected chi connectivity index (χ2v) is 6.47. The van der Waals surface area contributed by atoms with E-state index < -0.39 is 0 Å². The van der Waals surface area contributed by atoms with Crippen LogP contribution in [0.1, 0.15) is 23.2 Å². The highest BCUT2D eigenvalue weighted by atomic mass is 35.5. The Balaban J connectivity index is 0.00000169. The van der Waals surface area contributed by atoms with Crippen LogP contribution < -0.4 is 11.3 Å². The van der Waals surface area contributed by atoms with Gasteiger partial charge < -0.3 is 20.0 Å². The molecule has 0 radical (unpaired) electrons. The van der Waals surface area contributed by atoms with Crippen molar-refractivity contribution < 1.29 is 9.21 Å². The maximum Gasteiger partial charge on any atom is 0.261 e. The number of nitrogens with one attached hydrogen (secondary N) is 1. The number of likely N-dealkylation sites (tertiary alicyclic amines) is 1. The molecule has 128 valence electrons. The first-order valence-electron chi connectivity index (χ1n) is 7.95. The van der Waals surface area contributed by atoms with Crippen molar-refractivity contribution in [1.82, 2.24) is 9.88 Å². The van der Waals surface area contributed by atoms with Crippen LogP contribution in [-0.4, -0.2) is 34.9 Å². The maximum absolute atomic E-state index is 12.6. The van der Waals surface area contributed by atoms with Crippen molar-refractivity contribution in [3.05, 3.63) is 46.4 Å². The zero-order valence-electron chi connectivity index (χ0n) is 13.1. The maximum atomic E-state index is 12.6. The molecule has 1 amide bonds. The van der Waals surface area contributed by atoms with Gasteiger partial charge in [0.15, 0.2) is 0 Å². The molecule has 1 aliphatic carbocycles. The molecule has 0 bridgehead atoms. The molecule has 2 aromatic rings. The first kappa shape index (κ1) is 16.8. The average molecular weight is 350 g/mol. The van der Waals surface area contributed by atoms with E-state index in [0.717, 1.165) is 12.8 Å². The summed E-state index contributed by atoms with van der Waals surface area (Å²) in [6, 6.07) is 6.97. The first-order valence-corrected chi connectivity index (χ1v) is 7.95. The van der Waals surface area contributed by atoms with Gasteiger partial charge in [0.25, 0.3) is 11.5 Å². The molecule has 4 rings (SSSR count). The van der Waals surface area contributed by atoms with Crippen LogP contribution in [0.3, 0.4) is 0 Å². The number of carbonyl (C=O) groups excluding carboxylic acids is 1. The minimum Gasteiger partial charge on any atom is -0.463 e. The molecule has 24 heavy (non-hydrogen) atoms. The van der Waals surface area contributed by atoms with Crippen molar-refractivity contribution >= 4 is 18.3 Å². The van der Waals surface area contributed by atoms with E-state index in [1.165, 1.54) is 0 Å². The Hall–Kier alpha value is -2.05. The highest BCUT2D eigenvalue weighted by Crippen LogP contribution is 2.37. The molecule has 1 saturated carbocycles. The van der Waals surface area contributed by atoms with E-state index in [-0.39, 0.29) is 35.5 Å². The van der Waals surface area contributed by atoms with Gasteiger partial charge in [-0.1, -0.05) is 0 Å². The van der Waals surface area contributed by atoms with Gasteiger partial charge >= 0.3 is 0 Å². The van der Waals surface area contributed by atoms with Crippen molar-refractivity contribution in [2.24, 2.45) is 17.6 Å². The fourth-order valence-electron chi connectivity index (χ4n) is 3.86. The van der Waals surface area contributed by atoms with Crippen LogP contribution in [0.4, 0.5) is 0 Å². The Morgan fingerprint density at radius 3 is 2.75 bits per heavy atom. The van der Waals surface area contributed by atoms with Crippen molar-refractivity contribution in [3.63, 3.8) is 0 Å². The average Bonchev–Trinajstić information content (AvgIpc) is 3.25. The summed E-state index contributed by atoms with van der Waals surface area (Å²) in [6.07, 6.45) is 3.65. The van der Waals surface area contributed by atoms with Crippen LogP contribution >= 0.6 is 12.4 Å². The summed E-state index contributed by atoms with van der Waals surface area (Å²) >= 11 is 0. The highest BCUT2D eigenvalue weighted by molar-refractivity contribution is 5.94. The molecular weight excluding hydrogens is 330 g/mol. The molecule has 2 aromatic heterocycles. The minimum atomic E-state index is -0.384. The number of amides is 1. The lowest BCUT2D eigenvalue weighted by Gasteiger charge is -2.18. The normalized spacial score (nSPS) is 25.4. The largest absolute Gasteiger partial charge is 0.463 e. The second kappa shape index (κ2) is 6.45. The Bertz CT molecular complexity index is 787. The molecule has 3 atom stereocenters. The third-order valence-corrected chi connectivity index (χ3v) is 5.13. The van der Waals surface area contributed by atoms with Crippen molar-refractivity contribution in [1.29, 1.82) is 0 Å². The summed E-state index contributed by atoms with van der Waals surface area (Å²) in [4.78, 5) is 29.4. The summed E-state index contributed by atoms with van der Waals surface area (Å²) in [7, 11) is 0. The lowest BCUT2D eigenvalue weighted by molar-refractivity contribution is 0.0778. The van der Waals surface area contributed by atoms with Crippen LogP contribution in [-0.2, 0) is 0 Å². The van der Waals surface area contributed by atoms with Gasteiger partial charge in [-0.2, -0.15) is 0 Å². The third-order valence-electron chi connectivity index (χ3n) is 5.13. The molecule has 2 aliphatic rings. The number of hydrogen-bond donors (Lipinski definition) is 2. The van der Waals surface area contributed by atoms with E-state index in [1.807, 2.05) is 0 Å². The van der Waals surface area contributed by atoms with E-state index in [0.29, 0.717) is 36.4 Å². The molecule has 3 unspecified atom stereocenters. The fourth-order valence-corrected chi connectivity index (χ4v) is 3.86. The molecule has 1 aliphatic heterocycles. The fraction of sp³-hybridized carbons (Fsp3) is 0.412. The van der Waals surface area contributed by atoms with Crippen LogP contribution in [0.25, 0.3) is 11.5 Å². The molecule has 0 aromatic carbocycles. The Kier molecular flexibility index (Phi) is 4.51. The van der Waals surface area contributed by atoms with Crippen LogP contribution in [0, 0.1) is 11.8 Å². The van der Waals surface area contributed by atoms with Gasteiger partial charge in [-0.05, 0) is 48.9 Å². The van der Waals surface area contributed by atoms with Gasteiger partial charge in [0.2, 0.25) is 0 Å². The number of H-pyrrole nitrogens is 1. The van der Waals surface area contributed by atoms with Gasteiger partial charge in [-0.3, -0.25) is 9.59 Å². The minimum absolute atomic E-state index is 0. The molecular formula is C17H20ClN3O3. The zero-order valence-corrected chi connectivity index (χ0v) is 13.9. The number of carbonyl (C=O) groups is 1. The van der Waals surface area contributed by atoms with Gasteiger partial charge in [0.05, 0.1) is 12.0 Å². The number of fused-ring (bicyclic) bond motifs is 1. The molecule has 3 heterocycles. The number of halogens is 1. The van der Waals surface area contributed by atoms with Crippen molar-refractivity contribution in [2.45, 2.75) is 18.9 Å². The number of nitrogens with two attached hydrogens (primary N) is 1. The summed E-state index contributed by atoms with van der Waals surface area (Å²) in [5, 5.41) is 0. The number of pyridine rings is 1. The van der Waals surface area contributed by atoms with Gasteiger partial charge in [-0.15, -0.1) is 12.4 Å². The first-order chi connectivity index (χ1) is 11.1. The standard InChI is InChI=1S/C17H19N3O3.ClH/c18-13-5-3-10-8-20(9-12(10)13)17(22)11-4-6-14(19-16(11)21)15-2-1-7-23-15;/h1-2,4,6-7,10,12-13H,3,5,8-9,18H2,(H,19,21);1H. The predicted molar refractivity (Wildman–Crippen MR) is 92.1 cm³/mol. The third kappa shape index (κ3) is 2.76. The lowest BCUT2D eigenvalue weighted by atomic mass is 9.98. The lowest BCUT2D eigenvalue weighted by Crippen LogP contribution is -2.36. The summed E-state index contributed by atoms with van der Waals surface area (Å²) in [5.41, 5.74) is 6.47. The zero-order chi connectivity index (χ0) is 16.0. The SMILES string of the molecule is Cl.NC1CCC2CN(C(=O)c3ccc(-c4ccco4)[nH]c3=O)CC12. The van der Waals surface area contributed by atoms with Crippen molar-refractivity contribution in [3.8, 4) is 11.5 Å². The summed E-state index contributed by atoms with van der Waals surface area (Å²) in [5.74, 6) is 1.22. The molecule has 6 nitrogen and oxygen atoms in total. The van der Waals surface area contributed by atoms with Gasteiger partial charge in [-0.25, -0.2) is 0 Å². The molecule has 7 heteroatoms. The van der Waals surface area contributed by atoms with Gasteiger partial charge in [0, 0.05) is 19.1 Å². The number of hydrogen-bond acceptors (Lipinski definition) is 4. The molecule has 0 spiro atoms.